The second-order valence-electron chi connectivity index (χ2n) is 14.9. The van der Waals surface area contributed by atoms with E-state index in [9.17, 15) is 14.4 Å². The van der Waals surface area contributed by atoms with Gasteiger partial charge in [0.2, 0.25) is 5.91 Å². The van der Waals surface area contributed by atoms with Gasteiger partial charge in [-0.3, -0.25) is 19.6 Å². The van der Waals surface area contributed by atoms with Crippen LogP contribution in [0.15, 0.2) is 199 Å². The molecule has 0 aliphatic carbocycles. The second-order valence-corrected chi connectivity index (χ2v) is 17.1. The second kappa shape index (κ2) is 17.9. The lowest BCUT2D eigenvalue weighted by Crippen LogP contribution is -2.70. The summed E-state index contributed by atoms with van der Waals surface area (Å²) in [7, 11) is 0. The molecule has 2 aliphatic heterocycles. The first-order valence-corrected chi connectivity index (χ1v) is 22.2. The third-order valence-corrected chi connectivity index (χ3v) is 13.8. The van der Waals surface area contributed by atoms with Crippen molar-refractivity contribution in [3.8, 4) is 0 Å². The number of amides is 2. The van der Waals surface area contributed by atoms with Crippen molar-refractivity contribution in [1.29, 1.82) is 0 Å². The number of benzene rings is 6. The summed E-state index contributed by atoms with van der Waals surface area (Å²) in [5, 5.41) is 10.6. The van der Waals surface area contributed by atoms with E-state index in [2.05, 4.69) is 88.3 Å². The van der Waals surface area contributed by atoms with Crippen molar-refractivity contribution in [3.05, 3.63) is 243 Å². The molecule has 2 N–H and O–H groups in total. The molecule has 1 saturated heterocycles. The number of aromatic nitrogens is 2. The van der Waals surface area contributed by atoms with Crippen LogP contribution in [0.3, 0.4) is 0 Å². The average Bonchev–Trinajstić information content (AvgIpc) is 3.80. The Morgan fingerprint density at radius 1 is 0.738 bits per heavy atom. The fourth-order valence-electron chi connectivity index (χ4n) is 8.35. The van der Waals surface area contributed by atoms with Crippen LogP contribution in [0.5, 0.6) is 0 Å². The number of ether oxygens (including phenoxy) is 1. The summed E-state index contributed by atoms with van der Waals surface area (Å²) in [6.07, 6.45) is 1.28. The Hall–Kier alpha value is -6.62. The number of nitrogens with zero attached hydrogens (tertiary/aromatic N) is 2. The first-order valence-electron chi connectivity index (χ1n) is 20.2. The Morgan fingerprint density at radius 3 is 1.75 bits per heavy atom. The third-order valence-electron chi connectivity index (χ3n) is 11.2. The van der Waals surface area contributed by atoms with Gasteiger partial charge in [-0.2, -0.15) is 5.10 Å². The van der Waals surface area contributed by atoms with E-state index in [0.29, 0.717) is 16.4 Å². The van der Waals surface area contributed by atoms with E-state index in [1.807, 2.05) is 115 Å². The highest BCUT2D eigenvalue weighted by Gasteiger charge is 2.55. The minimum atomic E-state index is -0.779. The molecule has 8 nitrogen and oxygen atoms in total. The molecule has 0 spiro atoms. The summed E-state index contributed by atoms with van der Waals surface area (Å²) < 4.78 is 6.46. The Bertz CT molecular complexity index is 2510. The minimum Gasteiger partial charge on any atom is -0.448 e. The molecule has 2 amide bonds. The normalized spacial score (nSPS) is 16.1. The van der Waals surface area contributed by atoms with Gasteiger partial charge >= 0.3 is 5.97 Å². The Labute approximate surface area is 363 Å². The molecule has 9 rings (SSSR count). The molecule has 7 aromatic rings. The fraction of sp³-hybridized carbons (Fsp3) is 0.137. The number of β-lactam (4-membered cyclic amide) rings is 1. The van der Waals surface area contributed by atoms with Crippen LogP contribution >= 0.6 is 23.5 Å². The standard InChI is InChI=1S/C51H42N4O4S2/c56-43(31-35-19-7-1-8-20-35)53-44-48(57)55-45(50(58)59-46(36-21-9-2-10-22-36)37-23-11-3-12-24-37)42(34-61-49(44)55)60-33-38-32-52-54-47(38)51(39-25-13-4-14-26-39,40-27-15-5-16-28-40)41-29-17-6-18-30-41/h1-30,32,44,46,49H,31,33-34H2,(H,52,54)(H,53,56)/t44-,49+/m1/s1. The van der Waals surface area contributed by atoms with E-state index in [1.165, 1.54) is 28.4 Å². The van der Waals surface area contributed by atoms with Gasteiger partial charge in [-0.1, -0.05) is 182 Å². The van der Waals surface area contributed by atoms with Gasteiger partial charge in [0.05, 0.1) is 23.7 Å². The summed E-state index contributed by atoms with van der Waals surface area (Å²) in [5.41, 5.74) is 6.98. The smallest absolute Gasteiger partial charge is 0.356 e. The number of aromatic amines is 1. The highest BCUT2D eigenvalue weighted by atomic mass is 32.2. The van der Waals surface area contributed by atoms with E-state index in [4.69, 9.17) is 4.74 Å². The predicted molar refractivity (Wildman–Crippen MR) is 241 cm³/mol. The maximum absolute atomic E-state index is 14.8. The van der Waals surface area contributed by atoms with E-state index in [1.54, 1.807) is 0 Å². The van der Waals surface area contributed by atoms with Crippen molar-refractivity contribution in [3.63, 3.8) is 0 Å². The van der Waals surface area contributed by atoms with Crippen LogP contribution in [0.4, 0.5) is 0 Å². The average molecular weight is 839 g/mol. The van der Waals surface area contributed by atoms with E-state index < -0.39 is 28.9 Å². The third kappa shape index (κ3) is 7.92. The van der Waals surface area contributed by atoms with Gasteiger partial charge < -0.3 is 10.1 Å². The predicted octanol–water partition coefficient (Wildman–Crippen LogP) is 9.21. The zero-order chi connectivity index (χ0) is 41.6. The number of thioether (sulfide) groups is 2. The van der Waals surface area contributed by atoms with Crippen LogP contribution in [0.2, 0.25) is 0 Å². The molecule has 3 heterocycles. The van der Waals surface area contributed by atoms with Crippen molar-refractivity contribution in [2.75, 3.05) is 5.75 Å². The van der Waals surface area contributed by atoms with Crippen LogP contribution in [0.25, 0.3) is 0 Å². The van der Waals surface area contributed by atoms with Gasteiger partial charge in [-0.05, 0) is 33.4 Å². The van der Waals surface area contributed by atoms with Gasteiger partial charge in [-0.15, -0.1) is 23.5 Å². The van der Waals surface area contributed by atoms with Crippen LogP contribution in [-0.4, -0.2) is 50.0 Å². The first-order chi connectivity index (χ1) is 30.0. The molecular weight excluding hydrogens is 797 g/mol. The number of H-pyrrole nitrogens is 1. The maximum atomic E-state index is 14.8. The number of rotatable bonds is 14. The van der Waals surface area contributed by atoms with Gasteiger partial charge in [0, 0.05) is 22.0 Å². The zero-order valence-electron chi connectivity index (χ0n) is 33.1. The summed E-state index contributed by atoms with van der Waals surface area (Å²) in [5.74, 6) is -0.327. The lowest BCUT2D eigenvalue weighted by atomic mass is 9.66. The zero-order valence-corrected chi connectivity index (χ0v) is 34.7. The van der Waals surface area contributed by atoms with Crippen molar-refractivity contribution >= 4 is 41.3 Å². The quantitative estimate of drug-likeness (QED) is 0.0640. The summed E-state index contributed by atoms with van der Waals surface area (Å²) in [6, 6.07) is 59.1. The number of nitrogens with one attached hydrogen (secondary N) is 2. The minimum absolute atomic E-state index is 0.146. The molecule has 1 fully saturated rings. The lowest BCUT2D eigenvalue weighted by molar-refractivity contribution is -0.154. The molecule has 2 atom stereocenters. The van der Waals surface area contributed by atoms with Crippen molar-refractivity contribution in [2.24, 2.45) is 0 Å². The highest BCUT2D eigenvalue weighted by Crippen LogP contribution is 2.48. The Kier molecular flexibility index (Phi) is 11.7. The summed E-state index contributed by atoms with van der Waals surface area (Å²) >= 11 is 3.03. The molecule has 0 unspecified atom stereocenters. The Morgan fingerprint density at radius 2 is 1.23 bits per heavy atom. The maximum Gasteiger partial charge on any atom is 0.356 e. The SMILES string of the molecule is O=C(Cc1ccccc1)N[C@@H]1C(=O)N2C(C(=O)OC(c3ccccc3)c3ccccc3)=C(SCc3cn[nH]c3C(c3ccccc3)(c3ccccc3)c3ccccc3)CS[C@@H]12. The monoisotopic (exact) mass is 838 g/mol. The van der Waals surface area contributed by atoms with Gasteiger partial charge in [-0.25, -0.2) is 4.79 Å². The molecule has 6 aromatic carbocycles. The van der Waals surface area contributed by atoms with Crippen LogP contribution in [-0.2, 0) is 36.7 Å². The molecule has 61 heavy (non-hydrogen) atoms. The number of carbonyl (C=O) groups is 3. The van der Waals surface area contributed by atoms with Crippen LogP contribution < -0.4 is 5.32 Å². The largest absolute Gasteiger partial charge is 0.448 e. The van der Waals surface area contributed by atoms with E-state index in [-0.39, 0.29) is 23.9 Å². The van der Waals surface area contributed by atoms with Crippen LogP contribution in [0.1, 0.15) is 50.7 Å². The first kappa shape index (κ1) is 39.8. The van der Waals surface area contributed by atoms with E-state index in [0.717, 1.165) is 44.6 Å². The molecule has 0 bridgehead atoms. The summed E-state index contributed by atoms with van der Waals surface area (Å²) in [4.78, 5) is 44.5. The highest BCUT2D eigenvalue weighted by molar-refractivity contribution is 8.05. The summed E-state index contributed by atoms with van der Waals surface area (Å²) in [6.45, 7) is 0. The van der Waals surface area contributed by atoms with Crippen molar-refractivity contribution < 1.29 is 19.1 Å². The van der Waals surface area contributed by atoms with Crippen molar-refractivity contribution in [1.82, 2.24) is 20.4 Å². The molecule has 10 heteroatoms. The molecule has 0 radical (unpaired) electrons. The number of esters is 1. The molecule has 302 valence electrons. The topological polar surface area (TPSA) is 104 Å². The van der Waals surface area contributed by atoms with Gasteiger partial charge in [0.1, 0.15) is 17.1 Å². The molecule has 1 aromatic heterocycles. The van der Waals surface area contributed by atoms with Crippen LogP contribution in [0, 0.1) is 0 Å². The lowest BCUT2D eigenvalue weighted by Gasteiger charge is -2.49. The molecule has 0 saturated carbocycles. The van der Waals surface area contributed by atoms with Gasteiger partial charge in [0.25, 0.3) is 5.91 Å². The fourth-order valence-corrected chi connectivity index (χ4v) is 11.0. The number of fused-ring (bicyclic) bond motifs is 1. The number of hydrogen-bond donors (Lipinski definition) is 2. The van der Waals surface area contributed by atoms with Gasteiger partial charge in [0.15, 0.2) is 6.10 Å². The Balaban J connectivity index is 1.08. The van der Waals surface area contributed by atoms with E-state index >= 15 is 0 Å². The molecular formula is C51H42N4O4S2. The van der Waals surface area contributed by atoms with Crippen molar-refractivity contribution in [2.45, 2.75) is 35.1 Å². The number of hydrogen-bond acceptors (Lipinski definition) is 7. The molecule has 2 aliphatic rings. The number of carbonyl (C=O) groups excluding carboxylic acids is 3.